The summed E-state index contributed by atoms with van der Waals surface area (Å²) in [5.41, 5.74) is 0.877. The molecule has 0 spiro atoms. The molecule has 1 aromatic heterocycles. The summed E-state index contributed by atoms with van der Waals surface area (Å²) in [6.45, 7) is 3.20. The van der Waals surface area contributed by atoms with Gasteiger partial charge in [-0.25, -0.2) is 4.39 Å². The van der Waals surface area contributed by atoms with E-state index in [4.69, 9.17) is 9.47 Å². The van der Waals surface area contributed by atoms with E-state index in [0.29, 0.717) is 6.54 Å². The van der Waals surface area contributed by atoms with Gasteiger partial charge in [0, 0.05) is 36.7 Å². The van der Waals surface area contributed by atoms with Gasteiger partial charge >= 0.3 is 0 Å². The lowest BCUT2D eigenvalue weighted by Crippen LogP contribution is -2.31. The monoisotopic (exact) mass is 335 g/mol. The van der Waals surface area contributed by atoms with Crippen molar-refractivity contribution in [1.82, 2.24) is 4.90 Å². The number of rotatable bonds is 7. The molecule has 23 heavy (non-hydrogen) atoms. The zero-order chi connectivity index (χ0) is 16.1. The lowest BCUT2D eigenvalue weighted by atomic mass is 10.1. The molecule has 5 heteroatoms. The van der Waals surface area contributed by atoms with E-state index in [1.54, 1.807) is 30.6 Å². The van der Waals surface area contributed by atoms with Gasteiger partial charge in [-0.05, 0) is 42.5 Å². The lowest BCUT2D eigenvalue weighted by Gasteiger charge is -2.25. The number of hydrogen-bond donors (Lipinski definition) is 0. The molecule has 0 saturated carbocycles. The van der Waals surface area contributed by atoms with E-state index in [-0.39, 0.29) is 11.9 Å². The normalized spacial score (nSPS) is 17.8. The Hall–Kier alpha value is -1.43. The molecule has 0 amide bonds. The standard InChI is InChI=1S/C18H22FNO2S/c1-21-18-7-6-15(19)10-14(18)11-20(12-16-4-2-8-22-16)13-17-5-3-9-23-17/h3,5-7,9-10,16H,2,4,8,11-13H2,1H3. The van der Waals surface area contributed by atoms with Crippen molar-refractivity contribution in [2.75, 3.05) is 20.3 Å². The van der Waals surface area contributed by atoms with Crippen LogP contribution in [0.5, 0.6) is 5.75 Å². The van der Waals surface area contributed by atoms with Crippen LogP contribution in [0.2, 0.25) is 0 Å². The fraction of sp³-hybridized carbons (Fsp3) is 0.444. The Morgan fingerprint density at radius 1 is 1.35 bits per heavy atom. The van der Waals surface area contributed by atoms with Gasteiger partial charge in [-0.15, -0.1) is 11.3 Å². The van der Waals surface area contributed by atoms with Crippen LogP contribution < -0.4 is 4.74 Å². The molecule has 1 fully saturated rings. The predicted octanol–water partition coefficient (Wildman–Crippen LogP) is 4.08. The van der Waals surface area contributed by atoms with E-state index in [1.807, 2.05) is 0 Å². The number of benzene rings is 1. The van der Waals surface area contributed by atoms with Gasteiger partial charge < -0.3 is 9.47 Å². The Morgan fingerprint density at radius 2 is 2.26 bits per heavy atom. The van der Waals surface area contributed by atoms with Crippen LogP contribution in [-0.2, 0) is 17.8 Å². The lowest BCUT2D eigenvalue weighted by molar-refractivity contribution is 0.0679. The molecular formula is C18H22FNO2S. The van der Waals surface area contributed by atoms with Crippen LogP contribution in [0, 0.1) is 5.82 Å². The Morgan fingerprint density at radius 3 is 2.96 bits per heavy atom. The molecule has 3 rings (SSSR count). The maximum Gasteiger partial charge on any atom is 0.123 e. The third kappa shape index (κ3) is 4.53. The molecule has 2 aromatic rings. The molecular weight excluding hydrogens is 313 g/mol. The fourth-order valence-corrected chi connectivity index (χ4v) is 3.74. The van der Waals surface area contributed by atoms with Crippen LogP contribution >= 0.6 is 11.3 Å². The van der Waals surface area contributed by atoms with Gasteiger partial charge in [-0.3, -0.25) is 4.90 Å². The third-order valence-electron chi connectivity index (χ3n) is 4.08. The summed E-state index contributed by atoms with van der Waals surface area (Å²) in [5, 5.41) is 2.09. The highest BCUT2D eigenvalue weighted by molar-refractivity contribution is 7.09. The zero-order valence-electron chi connectivity index (χ0n) is 13.3. The molecule has 1 unspecified atom stereocenters. The molecule has 1 aliphatic heterocycles. The SMILES string of the molecule is COc1ccc(F)cc1CN(Cc1cccs1)CC1CCCO1. The minimum absolute atomic E-state index is 0.228. The number of hydrogen-bond acceptors (Lipinski definition) is 4. The highest BCUT2D eigenvalue weighted by Gasteiger charge is 2.21. The fourth-order valence-electron chi connectivity index (χ4n) is 3.00. The summed E-state index contributed by atoms with van der Waals surface area (Å²) in [6.07, 6.45) is 2.50. The summed E-state index contributed by atoms with van der Waals surface area (Å²) in [4.78, 5) is 3.62. The maximum atomic E-state index is 13.6. The van der Waals surface area contributed by atoms with Crippen molar-refractivity contribution in [3.63, 3.8) is 0 Å². The molecule has 124 valence electrons. The Balaban J connectivity index is 1.75. The predicted molar refractivity (Wildman–Crippen MR) is 90.4 cm³/mol. The average molecular weight is 335 g/mol. The smallest absolute Gasteiger partial charge is 0.123 e. The van der Waals surface area contributed by atoms with Crippen molar-refractivity contribution >= 4 is 11.3 Å². The molecule has 3 nitrogen and oxygen atoms in total. The second-order valence-corrected chi connectivity index (χ2v) is 6.87. The van der Waals surface area contributed by atoms with Crippen LogP contribution in [0.4, 0.5) is 4.39 Å². The highest BCUT2D eigenvalue weighted by atomic mass is 32.1. The Labute approximate surface area is 140 Å². The Bertz CT molecular complexity index is 611. The first kappa shape index (κ1) is 16.4. The van der Waals surface area contributed by atoms with Crippen LogP contribution in [-0.4, -0.2) is 31.3 Å². The number of nitrogens with zero attached hydrogens (tertiary/aromatic N) is 1. The summed E-state index contributed by atoms with van der Waals surface area (Å²) in [7, 11) is 1.63. The summed E-state index contributed by atoms with van der Waals surface area (Å²) >= 11 is 1.75. The average Bonchev–Trinajstić information content (AvgIpc) is 3.21. The second-order valence-electron chi connectivity index (χ2n) is 5.84. The molecule has 1 aliphatic rings. The van der Waals surface area contributed by atoms with Crippen LogP contribution in [0.25, 0.3) is 0 Å². The van der Waals surface area contributed by atoms with Gasteiger partial charge in [0.15, 0.2) is 0 Å². The summed E-state index contributed by atoms with van der Waals surface area (Å²) in [5.74, 6) is 0.504. The number of ether oxygens (including phenoxy) is 2. The topological polar surface area (TPSA) is 21.7 Å². The van der Waals surface area contributed by atoms with E-state index < -0.39 is 0 Å². The van der Waals surface area contributed by atoms with Crippen LogP contribution in [0.15, 0.2) is 35.7 Å². The van der Waals surface area contributed by atoms with E-state index in [0.717, 1.165) is 43.9 Å². The van der Waals surface area contributed by atoms with E-state index in [9.17, 15) is 4.39 Å². The molecule has 1 atom stereocenters. The molecule has 2 heterocycles. The van der Waals surface area contributed by atoms with Crippen molar-refractivity contribution in [2.45, 2.75) is 32.0 Å². The zero-order valence-corrected chi connectivity index (χ0v) is 14.2. The first-order valence-electron chi connectivity index (χ1n) is 7.93. The van der Waals surface area contributed by atoms with Crippen molar-refractivity contribution in [2.24, 2.45) is 0 Å². The van der Waals surface area contributed by atoms with Crippen LogP contribution in [0.3, 0.4) is 0 Å². The summed E-state index contributed by atoms with van der Waals surface area (Å²) in [6, 6.07) is 8.89. The minimum atomic E-state index is -0.228. The van der Waals surface area contributed by atoms with Gasteiger partial charge in [0.2, 0.25) is 0 Å². The molecule has 0 bridgehead atoms. The van der Waals surface area contributed by atoms with Gasteiger partial charge in [-0.1, -0.05) is 6.07 Å². The van der Waals surface area contributed by atoms with Crippen molar-refractivity contribution in [3.05, 3.63) is 52.0 Å². The quantitative estimate of drug-likeness (QED) is 0.761. The largest absolute Gasteiger partial charge is 0.496 e. The number of thiophene rings is 1. The van der Waals surface area contributed by atoms with Crippen LogP contribution in [0.1, 0.15) is 23.3 Å². The molecule has 0 radical (unpaired) electrons. The molecule has 1 aromatic carbocycles. The van der Waals surface area contributed by atoms with Gasteiger partial charge in [0.1, 0.15) is 11.6 Å². The molecule has 1 saturated heterocycles. The first-order chi connectivity index (χ1) is 11.2. The minimum Gasteiger partial charge on any atom is -0.496 e. The number of halogens is 1. The first-order valence-corrected chi connectivity index (χ1v) is 8.81. The van der Waals surface area contributed by atoms with Crippen molar-refractivity contribution in [3.8, 4) is 5.75 Å². The van der Waals surface area contributed by atoms with Crippen molar-refractivity contribution < 1.29 is 13.9 Å². The van der Waals surface area contributed by atoms with Gasteiger partial charge in [-0.2, -0.15) is 0 Å². The summed E-state index contributed by atoms with van der Waals surface area (Å²) < 4.78 is 24.8. The highest BCUT2D eigenvalue weighted by Crippen LogP contribution is 2.24. The van der Waals surface area contributed by atoms with E-state index in [2.05, 4.69) is 22.4 Å². The maximum absolute atomic E-state index is 13.6. The van der Waals surface area contributed by atoms with Gasteiger partial charge in [0.05, 0.1) is 13.2 Å². The molecule has 0 aliphatic carbocycles. The Kier molecular flexibility index (Phi) is 5.65. The molecule has 0 N–H and O–H groups in total. The number of methoxy groups -OCH3 is 1. The van der Waals surface area contributed by atoms with E-state index >= 15 is 0 Å². The van der Waals surface area contributed by atoms with Crippen molar-refractivity contribution in [1.29, 1.82) is 0 Å². The van der Waals surface area contributed by atoms with E-state index in [1.165, 1.54) is 10.9 Å². The van der Waals surface area contributed by atoms with Gasteiger partial charge in [0.25, 0.3) is 0 Å². The second kappa shape index (κ2) is 7.90. The third-order valence-corrected chi connectivity index (χ3v) is 4.94.